The molecule has 0 bridgehead atoms. The molecule has 2 rings (SSSR count). The molecular formula is C15H23N3Si. The SMILES string of the molecule is CN1CCN(c2ccc(C#C[Si](C)(C)C)nc2)CC1. The number of likely N-dealkylation sites (N-methyl/N-ethyl adjacent to an activating group) is 1. The third kappa shape index (κ3) is 4.37. The molecule has 0 unspecified atom stereocenters. The zero-order valence-corrected chi connectivity index (χ0v) is 13.4. The van der Waals surface area contributed by atoms with Crippen LogP contribution in [0.25, 0.3) is 0 Å². The van der Waals surface area contributed by atoms with Crippen LogP contribution in [0, 0.1) is 11.5 Å². The van der Waals surface area contributed by atoms with Gasteiger partial charge in [0.2, 0.25) is 0 Å². The Morgan fingerprint density at radius 3 is 2.32 bits per heavy atom. The lowest BCUT2D eigenvalue weighted by molar-refractivity contribution is 0.313. The lowest BCUT2D eigenvalue weighted by Crippen LogP contribution is -2.44. The van der Waals surface area contributed by atoms with Crippen LogP contribution < -0.4 is 4.90 Å². The number of pyridine rings is 1. The van der Waals surface area contributed by atoms with Gasteiger partial charge in [-0.25, -0.2) is 4.98 Å². The van der Waals surface area contributed by atoms with Crippen LogP contribution in [0.5, 0.6) is 0 Å². The zero-order chi connectivity index (χ0) is 13.9. The average molecular weight is 273 g/mol. The fourth-order valence-electron chi connectivity index (χ4n) is 1.96. The molecule has 0 amide bonds. The van der Waals surface area contributed by atoms with E-state index in [0.29, 0.717) is 0 Å². The van der Waals surface area contributed by atoms with E-state index in [1.807, 2.05) is 12.3 Å². The highest BCUT2D eigenvalue weighted by atomic mass is 28.3. The Kier molecular flexibility index (Phi) is 4.28. The van der Waals surface area contributed by atoms with E-state index < -0.39 is 8.07 Å². The highest BCUT2D eigenvalue weighted by Crippen LogP contribution is 2.14. The molecule has 19 heavy (non-hydrogen) atoms. The van der Waals surface area contributed by atoms with Gasteiger partial charge in [-0.2, -0.15) is 0 Å². The predicted molar refractivity (Wildman–Crippen MR) is 84.2 cm³/mol. The molecule has 1 saturated heterocycles. The lowest BCUT2D eigenvalue weighted by atomic mass is 10.2. The number of anilines is 1. The van der Waals surface area contributed by atoms with Gasteiger partial charge in [0.25, 0.3) is 0 Å². The van der Waals surface area contributed by atoms with Gasteiger partial charge in [0.15, 0.2) is 0 Å². The highest BCUT2D eigenvalue weighted by molar-refractivity contribution is 6.83. The monoisotopic (exact) mass is 273 g/mol. The van der Waals surface area contributed by atoms with E-state index in [0.717, 1.165) is 31.9 Å². The Bertz CT molecular complexity index is 471. The first-order valence-corrected chi connectivity index (χ1v) is 10.4. The van der Waals surface area contributed by atoms with E-state index in [-0.39, 0.29) is 0 Å². The molecule has 2 heterocycles. The van der Waals surface area contributed by atoms with Crippen molar-refractivity contribution in [2.45, 2.75) is 19.6 Å². The van der Waals surface area contributed by atoms with Crippen LogP contribution in [0.2, 0.25) is 19.6 Å². The van der Waals surface area contributed by atoms with Crippen LogP contribution >= 0.6 is 0 Å². The molecule has 0 saturated carbocycles. The van der Waals surface area contributed by atoms with Crippen LogP contribution in [-0.2, 0) is 0 Å². The largest absolute Gasteiger partial charge is 0.368 e. The molecule has 0 N–H and O–H groups in total. The predicted octanol–water partition coefficient (Wildman–Crippen LogP) is 2.06. The molecule has 0 spiro atoms. The zero-order valence-electron chi connectivity index (χ0n) is 12.4. The maximum Gasteiger partial charge on any atom is 0.129 e. The van der Waals surface area contributed by atoms with Gasteiger partial charge in [-0.05, 0) is 19.2 Å². The quantitative estimate of drug-likeness (QED) is 0.577. The molecule has 1 aromatic rings. The van der Waals surface area contributed by atoms with Crippen molar-refractivity contribution in [3.05, 3.63) is 24.0 Å². The second-order valence-electron chi connectivity index (χ2n) is 6.19. The first-order valence-electron chi connectivity index (χ1n) is 6.87. The fourth-order valence-corrected chi connectivity index (χ4v) is 2.47. The molecule has 1 aliphatic heterocycles. The van der Waals surface area contributed by atoms with Gasteiger partial charge in [-0.1, -0.05) is 25.6 Å². The fraction of sp³-hybridized carbons (Fsp3) is 0.533. The van der Waals surface area contributed by atoms with Crippen molar-refractivity contribution in [3.63, 3.8) is 0 Å². The summed E-state index contributed by atoms with van der Waals surface area (Å²) >= 11 is 0. The number of nitrogens with zero attached hydrogens (tertiary/aromatic N) is 3. The summed E-state index contributed by atoms with van der Waals surface area (Å²) in [6.45, 7) is 11.2. The minimum absolute atomic E-state index is 0.889. The molecule has 0 radical (unpaired) electrons. The number of rotatable bonds is 1. The number of piperazine rings is 1. The number of aromatic nitrogens is 1. The van der Waals surface area contributed by atoms with Crippen molar-refractivity contribution in [2.75, 3.05) is 38.1 Å². The second-order valence-corrected chi connectivity index (χ2v) is 10.9. The Hall–Kier alpha value is -1.31. The summed E-state index contributed by atoms with van der Waals surface area (Å²) in [7, 11) is 0.861. The van der Waals surface area contributed by atoms with Crippen LogP contribution in [0.4, 0.5) is 5.69 Å². The Labute approximate surface area is 117 Å². The number of hydrogen-bond acceptors (Lipinski definition) is 3. The molecule has 0 aromatic carbocycles. The standard InChI is InChI=1S/C15H23N3Si/c1-17-8-10-18(11-9-17)15-6-5-14(16-13-15)7-12-19(2,3)4/h5-6,13H,8-11H2,1-4H3. The molecule has 1 aliphatic rings. The third-order valence-corrected chi connectivity index (χ3v) is 4.06. The molecule has 1 fully saturated rings. The van der Waals surface area contributed by atoms with Crippen molar-refractivity contribution < 1.29 is 0 Å². The van der Waals surface area contributed by atoms with E-state index in [9.17, 15) is 0 Å². The van der Waals surface area contributed by atoms with E-state index in [2.05, 4.69) is 59.0 Å². The maximum absolute atomic E-state index is 4.47. The van der Waals surface area contributed by atoms with Gasteiger partial charge < -0.3 is 9.80 Å². The summed E-state index contributed by atoms with van der Waals surface area (Å²) in [5.41, 5.74) is 5.45. The normalized spacial score (nSPS) is 16.9. The van der Waals surface area contributed by atoms with Crippen molar-refractivity contribution in [1.82, 2.24) is 9.88 Å². The summed E-state index contributed by atoms with van der Waals surface area (Å²) in [5.74, 6) is 3.20. The molecule has 3 nitrogen and oxygen atoms in total. The van der Waals surface area contributed by atoms with Crippen LogP contribution in [0.3, 0.4) is 0 Å². The summed E-state index contributed by atoms with van der Waals surface area (Å²) in [6.07, 6.45) is 1.96. The first-order chi connectivity index (χ1) is 8.94. The summed E-state index contributed by atoms with van der Waals surface area (Å²) in [6, 6.07) is 4.19. The minimum atomic E-state index is -1.31. The summed E-state index contributed by atoms with van der Waals surface area (Å²) < 4.78 is 0. The van der Waals surface area contributed by atoms with Crippen molar-refractivity contribution in [1.29, 1.82) is 0 Å². The molecule has 4 heteroatoms. The molecule has 0 aliphatic carbocycles. The molecule has 102 valence electrons. The minimum Gasteiger partial charge on any atom is -0.368 e. The molecule has 0 atom stereocenters. The van der Waals surface area contributed by atoms with Gasteiger partial charge in [0.05, 0.1) is 11.9 Å². The van der Waals surface area contributed by atoms with E-state index in [1.165, 1.54) is 5.69 Å². The van der Waals surface area contributed by atoms with Crippen molar-refractivity contribution in [3.8, 4) is 11.5 Å². The average Bonchev–Trinajstić information content (AvgIpc) is 2.37. The van der Waals surface area contributed by atoms with Crippen molar-refractivity contribution >= 4 is 13.8 Å². The number of hydrogen-bond donors (Lipinski definition) is 0. The third-order valence-electron chi connectivity index (χ3n) is 3.18. The Morgan fingerprint density at radius 1 is 1.11 bits per heavy atom. The molecule has 1 aromatic heterocycles. The Balaban J connectivity index is 2.04. The van der Waals surface area contributed by atoms with Crippen LogP contribution in [-0.4, -0.2) is 51.2 Å². The highest BCUT2D eigenvalue weighted by Gasteiger charge is 2.14. The Morgan fingerprint density at radius 2 is 1.79 bits per heavy atom. The van der Waals surface area contributed by atoms with Gasteiger partial charge >= 0.3 is 0 Å². The maximum atomic E-state index is 4.47. The van der Waals surface area contributed by atoms with Crippen molar-refractivity contribution in [2.24, 2.45) is 0 Å². The van der Waals surface area contributed by atoms with Crippen LogP contribution in [0.15, 0.2) is 18.3 Å². The van der Waals surface area contributed by atoms with E-state index in [4.69, 9.17) is 0 Å². The van der Waals surface area contributed by atoms with Gasteiger partial charge in [0, 0.05) is 26.2 Å². The second kappa shape index (κ2) is 5.77. The van der Waals surface area contributed by atoms with E-state index >= 15 is 0 Å². The van der Waals surface area contributed by atoms with Crippen LogP contribution in [0.1, 0.15) is 5.69 Å². The van der Waals surface area contributed by atoms with Gasteiger partial charge in [-0.3, -0.25) is 0 Å². The first kappa shape index (κ1) is 14.1. The summed E-state index contributed by atoms with van der Waals surface area (Å²) in [5, 5.41) is 0. The smallest absolute Gasteiger partial charge is 0.129 e. The van der Waals surface area contributed by atoms with Gasteiger partial charge in [-0.15, -0.1) is 5.54 Å². The van der Waals surface area contributed by atoms with Gasteiger partial charge in [0.1, 0.15) is 13.8 Å². The topological polar surface area (TPSA) is 19.4 Å². The molecular weight excluding hydrogens is 250 g/mol. The summed E-state index contributed by atoms with van der Waals surface area (Å²) in [4.78, 5) is 9.22. The lowest BCUT2D eigenvalue weighted by Gasteiger charge is -2.33. The van der Waals surface area contributed by atoms with E-state index in [1.54, 1.807) is 0 Å².